The molecule has 3 nitrogen and oxygen atoms in total. The summed E-state index contributed by atoms with van der Waals surface area (Å²) >= 11 is 1.71. The molecule has 1 spiro atoms. The van der Waals surface area contributed by atoms with Gasteiger partial charge in [0.2, 0.25) is 0 Å². The van der Waals surface area contributed by atoms with E-state index < -0.39 is 0 Å². The zero-order chi connectivity index (χ0) is 27.6. The summed E-state index contributed by atoms with van der Waals surface area (Å²) in [7, 11) is 3.67. The van der Waals surface area contributed by atoms with E-state index in [1.54, 1.807) is 18.9 Å². The number of hydrogen-bond donors (Lipinski definition) is 2. The summed E-state index contributed by atoms with van der Waals surface area (Å²) < 4.78 is 5.50. The van der Waals surface area contributed by atoms with E-state index in [-0.39, 0.29) is 16.2 Å². The smallest absolute Gasteiger partial charge is 0.123 e. The first-order valence-electron chi connectivity index (χ1n) is 13.9. The number of phenols is 1. The van der Waals surface area contributed by atoms with Gasteiger partial charge < -0.3 is 15.2 Å². The number of phenolic OH excluding ortho intramolecular Hbond substituents is 1. The van der Waals surface area contributed by atoms with E-state index in [1.165, 1.54) is 28.7 Å². The molecule has 1 fully saturated rings. The van der Waals surface area contributed by atoms with Crippen molar-refractivity contribution in [3.8, 4) is 28.0 Å². The Morgan fingerprint density at radius 1 is 0.821 bits per heavy atom. The summed E-state index contributed by atoms with van der Waals surface area (Å²) in [5, 5.41) is 16.9. The van der Waals surface area contributed by atoms with Crippen LogP contribution in [0.3, 0.4) is 0 Å². The number of methoxy groups -OCH3 is 1. The second kappa shape index (κ2) is 9.31. The zero-order valence-electron chi connectivity index (χ0n) is 23.9. The normalized spacial score (nSPS) is 18.2. The Bertz CT molecular complexity index is 1550. The number of anilines is 1. The lowest BCUT2D eigenvalue weighted by molar-refractivity contribution is 0.0645. The maximum absolute atomic E-state index is 11.7. The highest BCUT2D eigenvalue weighted by atomic mass is 32.2. The van der Waals surface area contributed by atoms with Crippen molar-refractivity contribution in [1.82, 2.24) is 0 Å². The van der Waals surface area contributed by atoms with Crippen LogP contribution < -0.4 is 5.32 Å². The van der Waals surface area contributed by atoms with Crippen LogP contribution in [0.4, 0.5) is 5.69 Å². The third-order valence-corrected chi connectivity index (χ3v) is 9.78. The fourth-order valence-electron chi connectivity index (χ4n) is 8.14. The van der Waals surface area contributed by atoms with Crippen LogP contribution in [0.25, 0.3) is 33.0 Å². The first-order chi connectivity index (χ1) is 18.6. The van der Waals surface area contributed by atoms with E-state index in [2.05, 4.69) is 99.7 Å². The first kappa shape index (κ1) is 26.3. The van der Waals surface area contributed by atoms with Crippen LogP contribution in [0.15, 0.2) is 71.6 Å². The van der Waals surface area contributed by atoms with E-state index in [4.69, 9.17) is 4.74 Å². The van der Waals surface area contributed by atoms with Crippen LogP contribution in [0, 0.1) is 10.8 Å². The molecule has 0 radical (unpaired) electrons. The highest BCUT2D eigenvalue weighted by molar-refractivity contribution is 7.99. The highest BCUT2D eigenvalue weighted by Crippen LogP contribution is 2.65. The quantitative estimate of drug-likeness (QED) is 0.196. The molecule has 2 aliphatic carbocycles. The summed E-state index contributed by atoms with van der Waals surface area (Å²) in [5.41, 5.74) is 8.94. The van der Waals surface area contributed by atoms with Gasteiger partial charge in [0.1, 0.15) is 5.75 Å². The van der Waals surface area contributed by atoms with Crippen molar-refractivity contribution in [2.75, 3.05) is 25.4 Å². The van der Waals surface area contributed by atoms with Gasteiger partial charge in [-0.05, 0) is 99.2 Å². The van der Waals surface area contributed by atoms with Crippen LogP contribution in [0.5, 0.6) is 5.75 Å². The average Bonchev–Trinajstić information content (AvgIpc) is 3.13. The van der Waals surface area contributed by atoms with Gasteiger partial charge in [-0.3, -0.25) is 0 Å². The molecule has 0 aromatic heterocycles. The highest BCUT2D eigenvalue weighted by Gasteiger charge is 2.53. The first-order valence-corrected chi connectivity index (χ1v) is 14.9. The number of thioether (sulfide) groups is 1. The molecule has 4 heteroatoms. The largest absolute Gasteiger partial charge is 0.507 e. The molecule has 2 aliphatic rings. The van der Waals surface area contributed by atoms with E-state index in [9.17, 15) is 5.11 Å². The van der Waals surface area contributed by atoms with Crippen LogP contribution in [-0.2, 0) is 10.2 Å². The maximum atomic E-state index is 11.7. The summed E-state index contributed by atoms with van der Waals surface area (Å²) in [5.74, 6) is 0.935. The second-order valence-electron chi connectivity index (χ2n) is 13.1. The molecule has 2 N–H and O–H groups in total. The number of ether oxygens (including phenoxy) is 1. The van der Waals surface area contributed by atoms with Gasteiger partial charge in [-0.2, -0.15) is 0 Å². The van der Waals surface area contributed by atoms with Crippen LogP contribution in [0.1, 0.15) is 58.1 Å². The molecule has 6 rings (SSSR count). The van der Waals surface area contributed by atoms with E-state index in [1.807, 2.05) is 7.05 Å². The number of rotatable bonds is 5. The van der Waals surface area contributed by atoms with Crippen molar-refractivity contribution in [2.45, 2.75) is 57.3 Å². The second-order valence-corrected chi connectivity index (χ2v) is 14.0. The molecule has 0 bridgehead atoms. The van der Waals surface area contributed by atoms with Crippen LogP contribution in [0.2, 0.25) is 0 Å². The van der Waals surface area contributed by atoms with Gasteiger partial charge in [-0.1, -0.05) is 75.9 Å². The average molecular weight is 538 g/mol. The number of nitrogens with one attached hydrogen (secondary N) is 1. The van der Waals surface area contributed by atoms with Gasteiger partial charge >= 0.3 is 0 Å². The Hall–Kier alpha value is -2.95. The topological polar surface area (TPSA) is 41.5 Å². The van der Waals surface area contributed by atoms with Gasteiger partial charge in [-0.15, -0.1) is 0 Å². The van der Waals surface area contributed by atoms with Gasteiger partial charge in [0, 0.05) is 35.5 Å². The lowest BCUT2D eigenvalue weighted by atomic mass is 9.52. The maximum Gasteiger partial charge on any atom is 0.123 e. The van der Waals surface area contributed by atoms with E-state index in [0.29, 0.717) is 11.7 Å². The SMILES string of the molecule is CNc1ccc(-c2cc3c(O)cc4c(c3cc2SCOC)-c2ccccc2C42CC(C)(C)CC(C)(C)C2)cc1. The molecule has 202 valence electrons. The minimum absolute atomic E-state index is 0.107. The number of hydrogen-bond acceptors (Lipinski definition) is 4. The van der Waals surface area contributed by atoms with Crippen molar-refractivity contribution in [2.24, 2.45) is 10.8 Å². The van der Waals surface area contributed by atoms with Crippen molar-refractivity contribution in [3.05, 3.63) is 77.9 Å². The minimum Gasteiger partial charge on any atom is -0.507 e. The standard InChI is InChI=1S/C35H39NO2S/c1-33(2)18-34(3,4)20-35(19-33)28-10-8-7-9-24(28)32-27-16-31(39-21-38-6)25(15-26(27)30(37)17-29(32)35)22-11-13-23(36-5)14-12-22/h7-17,36-37H,18-21H2,1-6H3. The predicted molar refractivity (Wildman–Crippen MR) is 166 cm³/mol. The Morgan fingerprint density at radius 2 is 1.51 bits per heavy atom. The van der Waals surface area contributed by atoms with Crippen molar-refractivity contribution in [1.29, 1.82) is 0 Å². The molecule has 0 heterocycles. The molecular weight excluding hydrogens is 498 g/mol. The Labute approximate surface area is 237 Å². The Morgan fingerprint density at radius 3 is 2.18 bits per heavy atom. The van der Waals surface area contributed by atoms with Gasteiger partial charge in [0.15, 0.2) is 0 Å². The minimum atomic E-state index is -0.107. The number of aromatic hydroxyl groups is 1. The molecule has 4 aromatic rings. The molecule has 0 unspecified atom stereocenters. The number of fused-ring (bicyclic) bond motifs is 7. The molecule has 0 saturated heterocycles. The van der Waals surface area contributed by atoms with E-state index in [0.717, 1.165) is 45.3 Å². The molecule has 4 aromatic carbocycles. The van der Waals surface area contributed by atoms with E-state index >= 15 is 0 Å². The monoisotopic (exact) mass is 537 g/mol. The third kappa shape index (κ3) is 4.33. The number of benzene rings is 4. The summed E-state index contributed by atoms with van der Waals surface area (Å²) in [6, 6.07) is 24.1. The molecule has 0 atom stereocenters. The summed E-state index contributed by atoms with van der Waals surface area (Å²) in [6.45, 7) is 9.68. The summed E-state index contributed by atoms with van der Waals surface area (Å²) in [6.07, 6.45) is 3.37. The van der Waals surface area contributed by atoms with Crippen molar-refractivity contribution in [3.63, 3.8) is 0 Å². The molecule has 0 aliphatic heterocycles. The summed E-state index contributed by atoms with van der Waals surface area (Å²) in [4.78, 5) is 1.16. The van der Waals surface area contributed by atoms with Crippen molar-refractivity contribution < 1.29 is 9.84 Å². The molecule has 1 saturated carbocycles. The zero-order valence-corrected chi connectivity index (χ0v) is 24.8. The van der Waals surface area contributed by atoms with Crippen LogP contribution in [-0.4, -0.2) is 25.2 Å². The fourth-order valence-corrected chi connectivity index (χ4v) is 8.92. The molecule has 39 heavy (non-hydrogen) atoms. The Balaban J connectivity index is 1.65. The van der Waals surface area contributed by atoms with Gasteiger partial charge in [-0.25, -0.2) is 0 Å². The lowest BCUT2D eigenvalue weighted by Gasteiger charge is -2.51. The van der Waals surface area contributed by atoms with Gasteiger partial charge in [0.05, 0.1) is 5.94 Å². The molecular formula is C35H39NO2S. The third-order valence-electron chi connectivity index (χ3n) is 8.78. The van der Waals surface area contributed by atoms with Gasteiger partial charge in [0.25, 0.3) is 0 Å². The lowest BCUT2D eigenvalue weighted by Crippen LogP contribution is -2.43. The Kier molecular flexibility index (Phi) is 6.28. The van der Waals surface area contributed by atoms with Crippen LogP contribution >= 0.6 is 11.8 Å². The fraction of sp³-hybridized carbons (Fsp3) is 0.371. The van der Waals surface area contributed by atoms with Crippen molar-refractivity contribution >= 4 is 28.2 Å². The predicted octanol–water partition coefficient (Wildman–Crippen LogP) is 9.45. The molecule has 0 amide bonds.